The summed E-state index contributed by atoms with van der Waals surface area (Å²) in [5, 5.41) is 5.02. The zero-order chi connectivity index (χ0) is 21.6. The van der Waals surface area contributed by atoms with Crippen molar-refractivity contribution in [3.05, 3.63) is 12.3 Å². The largest absolute Gasteiger partial charge is 0.465 e. The Labute approximate surface area is 173 Å². The molecule has 0 saturated carbocycles. The number of amides is 2. The molecule has 1 saturated heterocycles. The van der Waals surface area contributed by atoms with Gasteiger partial charge in [-0.3, -0.25) is 19.7 Å². The molecule has 0 aromatic heterocycles. The van der Waals surface area contributed by atoms with Gasteiger partial charge in [-0.15, -0.1) is 0 Å². The fourth-order valence-corrected chi connectivity index (χ4v) is 3.45. The van der Waals surface area contributed by atoms with E-state index in [9.17, 15) is 14.4 Å². The molecule has 2 N–H and O–H groups in total. The molecule has 4 atom stereocenters. The lowest BCUT2D eigenvalue weighted by Crippen LogP contribution is -2.33. The summed E-state index contributed by atoms with van der Waals surface area (Å²) in [6, 6.07) is -0.538. The van der Waals surface area contributed by atoms with Crippen LogP contribution in [-0.4, -0.2) is 68.9 Å². The van der Waals surface area contributed by atoms with E-state index >= 15 is 0 Å². The van der Waals surface area contributed by atoms with Gasteiger partial charge in [-0.25, -0.2) is 5.09 Å². The van der Waals surface area contributed by atoms with Crippen LogP contribution in [0, 0.1) is 0 Å². The Morgan fingerprint density at radius 1 is 1.38 bits per heavy atom. The Balaban J connectivity index is 2.35. The number of rotatable bonds is 14. The average Bonchev–Trinajstić information content (AvgIpc) is 3.18. The van der Waals surface area contributed by atoms with Gasteiger partial charge < -0.3 is 23.4 Å². The number of unbranched alkanes of at least 4 members (excludes halogenated alkanes) is 1. The zero-order valence-electron chi connectivity index (χ0n) is 17.5. The van der Waals surface area contributed by atoms with Gasteiger partial charge in [0, 0.05) is 26.4 Å². The van der Waals surface area contributed by atoms with Crippen molar-refractivity contribution in [2.45, 2.75) is 57.9 Å². The van der Waals surface area contributed by atoms with Gasteiger partial charge in [0.25, 0.3) is 14.4 Å². The first-order chi connectivity index (χ1) is 13.9. The van der Waals surface area contributed by atoms with E-state index < -0.39 is 20.5 Å². The van der Waals surface area contributed by atoms with Crippen LogP contribution in [0.15, 0.2) is 12.3 Å². The number of carbonyl (C=O) groups is 3. The van der Waals surface area contributed by atoms with Gasteiger partial charge in [-0.05, 0) is 26.2 Å². The van der Waals surface area contributed by atoms with Crippen LogP contribution in [0.3, 0.4) is 0 Å². The van der Waals surface area contributed by atoms with E-state index in [1.807, 2.05) is 12.2 Å². The molecule has 29 heavy (non-hydrogen) atoms. The molecule has 0 aliphatic carbocycles. The van der Waals surface area contributed by atoms with Crippen LogP contribution in [0.1, 0.15) is 39.5 Å². The molecule has 10 nitrogen and oxygen atoms in total. The monoisotopic (exact) mass is 433 g/mol. The quantitative estimate of drug-likeness (QED) is 0.138. The molecule has 1 aliphatic heterocycles. The van der Waals surface area contributed by atoms with E-state index in [1.165, 1.54) is 13.2 Å². The Bertz CT molecular complexity index is 550. The summed E-state index contributed by atoms with van der Waals surface area (Å²) in [4.78, 5) is 35.2. The first-order valence-electron chi connectivity index (χ1n) is 9.60. The molecule has 1 fully saturated rings. The predicted molar refractivity (Wildman–Crippen MR) is 107 cm³/mol. The molecule has 1 heterocycles. The lowest BCUT2D eigenvalue weighted by Gasteiger charge is -2.24. The highest BCUT2D eigenvalue weighted by molar-refractivity contribution is 7.45. The van der Waals surface area contributed by atoms with Crippen molar-refractivity contribution < 1.29 is 32.9 Å². The molecular formula is C18H32N3O7P. The SMILES string of the molecule is CCCCOC(=O)C(C)N[P@@](OC)OCC1CCC(N(C)/C=C\C(=O)NC=O)O1. The van der Waals surface area contributed by atoms with Gasteiger partial charge in [0.15, 0.2) is 0 Å². The van der Waals surface area contributed by atoms with E-state index in [1.54, 1.807) is 25.1 Å². The van der Waals surface area contributed by atoms with E-state index in [-0.39, 0.29) is 18.3 Å². The average molecular weight is 433 g/mol. The van der Waals surface area contributed by atoms with Gasteiger partial charge in [0.05, 0.1) is 19.3 Å². The number of esters is 1. The fraction of sp³-hybridized carbons (Fsp3) is 0.722. The smallest absolute Gasteiger partial charge is 0.323 e. The molecule has 0 spiro atoms. The Hall–Kier alpha value is -1.58. The summed E-state index contributed by atoms with van der Waals surface area (Å²) < 4.78 is 22.1. The van der Waals surface area contributed by atoms with Gasteiger partial charge in [0.1, 0.15) is 12.3 Å². The molecule has 1 rings (SSSR count). The highest BCUT2D eigenvalue weighted by Gasteiger charge is 2.29. The van der Waals surface area contributed by atoms with Gasteiger partial charge in [-0.2, -0.15) is 0 Å². The second-order valence-corrected chi connectivity index (χ2v) is 7.90. The van der Waals surface area contributed by atoms with Crippen LogP contribution in [0.2, 0.25) is 0 Å². The van der Waals surface area contributed by atoms with Gasteiger partial charge >= 0.3 is 5.97 Å². The summed E-state index contributed by atoms with van der Waals surface area (Å²) in [7, 11) is 1.84. The summed E-state index contributed by atoms with van der Waals surface area (Å²) >= 11 is 0. The lowest BCUT2D eigenvalue weighted by molar-refractivity contribution is -0.145. The van der Waals surface area contributed by atoms with Crippen LogP contribution in [0.5, 0.6) is 0 Å². The first kappa shape index (κ1) is 25.5. The number of hydrogen-bond donors (Lipinski definition) is 2. The Kier molecular flexibility index (Phi) is 12.6. The standard InChI is InChI=1S/C18H32N3O7P/c1-5-6-11-26-18(24)14(2)20-29(25-4)27-12-15-7-8-17(28-15)21(3)10-9-16(23)19-13-22/h9-10,13-15,17,20H,5-8,11-12H2,1-4H3,(H,19,22,23)/b10-9-/t14?,15?,17?,29-/m0/s1. The summed E-state index contributed by atoms with van der Waals surface area (Å²) in [5.74, 6) is -0.834. The second-order valence-electron chi connectivity index (χ2n) is 6.51. The maximum absolute atomic E-state index is 11.9. The van der Waals surface area contributed by atoms with Crippen molar-refractivity contribution in [2.24, 2.45) is 0 Å². The number of ether oxygens (including phenoxy) is 2. The van der Waals surface area contributed by atoms with Crippen molar-refractivity contribution >= 4 is 26.8 Å². The minimum atomic E-state index is -1.46. The van der Waals surface area contributed by atoms with Gasteiger partial charge in [0.2, 0.25) is 6.41 Å². The van der Waals surface area contributed by atoms with Crippen LogP contribution >= 0.6 is 8.53 Å². The van der Waals surface area contributed by atoms with Crippen LogP contribution < -0.4 is 10.4 Å². The molecule has 0 bridgehead atoms. The van der Waals surface area contributed by atoms with Crippen LogP contribution in [0.25, 0.3) is 0 Å². The normalized spacial score (nSPS) is 21.0. The summed E-state index contributed by atoms with van der Waals surface area (Å²) in [6.45, 7) is 4.45. The van der Waals surface area contributed by atoms with E-state index in [2.05, 4.69) is 5.09 Å². The van der Waals surface area contributed by atoms with Crippen LogP contribution in [-0.2, 0) is 32.9 Å². The number of carbonyl (C=O) groups excluding carboxylic acids is 3. The highest BCUT2D eigenvalue weighted by atomic mass is 31.2. The second kappa shape index (κ2) is 14.4. The van der Waals surface area contributed by atoms with E-state index in [0.29, 0.717) is 19.6 Å². The zero-order valence-corrected chi connectivity index (χ0v) is 18.4. The Morgan fingerprint density at radius 3 is 2.79 bits per heavy atom. The van der Waals surface area contributed by atoms with Gasteiger partial charge in [-0.1, -0.05) is 13.3 Å². The third-order valence-electron chi connectivity index (χ3n) is 4.14. The minimum absolute atomic E-state index is 0.131. The summed E-state index contributed by atoms with van der Waals surface area (Å²) in [5.41, 5.74) is 0. The van der Waals surface area contributed by atoms with Crippen molar-refractivity contribution in [2.75, 3.05) is 27.4 Å². The molecule has 3 unspecified atom stereocenters. The summed E-state index contributed by atoms with van der Waals surface area (Å²) in [6.07, 6.45) is 6.17. The van der Waals surface area contributed by atoms with Crippen molar-refractivity contribution in [1.82, 2.24) is 15.3 Å². The van der Waals surface area contributed by atoms with E-state index in [4.69, 9.17) is 18.5 Å². The van der Waals surface area contributed by atoms with Crippen LogP contribution in [0.4, 0.5) is 0 Å². The third-order valence-corrected chi connectivity index (χ3v) is 5.45. The Morgan fingerprint density at radius 2 is 2.14 bits per heavy atom. The minimum Gasteiger partial charge on any atom is -0.465 e. The van der Waals surface area contributed by atoms with Crippen molar-refractivity contribution in [3.63, 3.8) is 0 Å². The fourth-order valence-electron chi connectivity index (χ4n) is 2.44. The molecule has 1 aliphatic rings. The predicted octanol–water partition coefficient (Wildman–Crippen LogP) is 1.42. The topological polar surface area (TPSA) is 115 Å². The number of hydrogen-bond acceptors (Lipinski definition) is 9. The first-order valence-corrected chi connectivity index (χ1v) is 10.8. The molecule has 0 aromatic carbocycles. The number of nitrogens with zero attached hydrogens (tertiary/aromatic N) is 1. The molecule has 11 heteroatoms. The highest BCUT2D eigenvalue weighted by Crippen LogP contribution is 2.35. The van der Waals surface area contributed by atoms with Crippen molar-refractivity contribution in [1.29, 1.82) is 0 Å². The molecule has 0 aromatic rings. The molecule has 0 radical (unpaired) electrons. The number of nitrogens with one attached hydrogen (secondary N) is 2. The maximum Gasteiger partial charge on any atom is 0.323 e. The van der Waals surface area contributed by atoms with Crippen molar-refractivity contribution in [3.8, 4) is 0 Å². The molecule has 166 valence electrons. The third kappa shape index (κ3) is 10.1. The lowest BCUT2D eigenvalue weighted by atomic mass is 10.2. The maximum atomic E-state index is 11.9. The van der Waals surface area contributed by atoms with E-state index in [0.717, 1.165) is 25.7 Å². The number of imide groups is 1. The molecular weight excluding hydrogens is 401 g/mol. The molecule has 2 amide bonds.